The molecule has 29 heavy (non-hydrogen) atoms. The Balaban J connectivity index is 1.85. The summed E-state index contributed by atoms with van der Waals surface area (Å²) < 4.78 is 46.1. The van der Waals surface area contributed by atoms with Gasteiger partial charge in [0, 0.05) is 32.7 Å². The molecule has 1 aliphatic heterocycles. The molecule has 2 aromatic carbocycles. The normalized spacial score (nSPS) is 15.1. The van der Waals surface area contributed by atoms with E-state index in [0.29, 0.717) is 18.9 Å². The average Bonchev–Trinajstić information content (AvgIpc) is 2.69. The molecule has 0 radical (unpaired) electrons. The molecular weight excluding hydrogens is 401 g/mol. The van der Waals surface area contributed by atoms with Gasteiger partial charge in [-0.2, -0.15) is 4.31 Å². The van der Waals surface area contributed by atoms with Crippen molar-refractivity contribution in [2.24, 2.45) is 0 Å². The highest BCUT2D eigenvalue weighted by Crippen LogP contribution is 2.29. The van der Waals surface area contributed by atoms with Crippen molar-refractivity contribution in [3.8, 4) is 5.75 Å². The van der Waals surface area contributed by atoms with Gasteiger partial charge in [0.1, 0.15) is 11.6 Å². The SMILES string of the molecule is CN(C)c1ccc(C(=O)Nc2cc(S(=O)(=O)N3CCOCC3)ccc2O)cc1F. The molecule has 2 N–H and O–H groups in total. The summed E-state index contributed by atoms with van der Waals surface area (Å²) in [6.45, 7) is 1.05. The number of nitrogens with one attached hydrogen (secondary N) is 1. The van der Waals surface area contributed by atoms with Gasteiger partial charge in [-0.05, 0) is 36.4 Å². The summed E-state index contributed by atoms with van der Waals surface area (Å²) in [4.78, 5) is 14.0. The molecule has 1 heterocycles. The fraction of sp³-hybridized carbons (Fsp3) is 0.316. The van der Waals surface area contributed by atoms with Gasteiger partial charge in [-0.3, -0.25) is 4.79 Å². The van der Waals surface area contributed by atoms with Crippen molar-refractivity contribution < 1.29 is 27.4 Å². The second-order valence-corrected chi connectivity index (χ2v) is 8.65. The van der Waals surface area contributed by atoms with Gasteiger partial charge in [-0.15, -0.1) is 0 Å². The number of morpholine rings is 1. The number of phenolic OH excluding ortho intramolecular Hbond substituents is 1. The molecule has 0 aliphatic carbocycles. The van der Waals surface area contributed by atoms with E-state index in [9.17, 15) is 22.7 Å². The Bertz CT molecular complexity index is 1020. The van der Waals surface area contributed by atoms with Crippen LogP contribution < -0.4 is 10.2 Å². The summed E-state index contributed by atoms with van der Waals surface area (Å²) in [5, 5.41) is 12.5. The first-order chi connectivity index (χ1) is 13.7. The van der Waals surface area contributed by atoms with Crippen molar-refractivity contribution in [1.29, 1.82) is 0 Å². The summed E-state index contributed by atoms with van der Waals surface area (Å²) in [6.07, 6.45) is 0. The first kappa shape index (κ1) is 21.0. The van der Waals surface area contributed by atoms with Crippen molar-refractivity contribution in [2.45, 2.75) is 4.90 Å². The van der Waals surface area contributed by atoms with Crippen molar-refractivity contribution in [1.82, 2.24) is 4.31 Å². The van der Waals surface area contributed by atoms with E-state index >= 15 is 0 Å². The van der Waals surface area contributed by atoms with Gasteiger partial charge in [0.05, 0.1) is 29.5 Å². The van der Waals surface area contributed by atoms with E-state index in [-0.39, 0.29) is 35.0 Å². The number of aromatic hydroxyl groups is 1. The molecule has 0 unspecified atom stereocenters. The predicted molar refractivity (Wildman–Crippen MR) is 106 cm³/mol. The van der Waals surface area contributed by atoms with Gasteiger partial charge in [-0.25, -0.2) is 12.8 Å². The van der Waals surface area contributed by atoms with E-state index in [0.717, 1.165) is 6.07 Å². The van der Waals surface area contributed by atoms with Gasteiger partial charge in [0.15, 0.2) is 0 Å². The van der Waals surface area contributed by atoms with E-state index in [1.807, 2.05) is 0 Å². The van der Waals surface area contributed by atoms with Crippen LogP contribution in [-0.4, -0.2) is 64.1 Å². The van der Waals surface area contributed by atoms with E-state index < -0.39 is 21.7 Å². The molecule has 1 fully saturated rings. The number of phenols is 1. The summed E-state index contributed by atoms with van der Waals surface area (Å²) >= 11 is 0. The van der Waals surface area contributed by atoms with Crippen LogP contribution in [0.2, 0.25) is 0 Å². The molecule has 10 heteroatoms. The minimum atomic E-state index is -3.80. The first-order valence-electron chi connectivity index (χ1n) is 8.89. The molecular formula is C19H22FN3O5S. The highest BCUT2D eigenvalue weighted by Gasteiger charge is 2.27. The first-order valence-corrected chi connectivity index (χ1v) is 10.3. The van der Waals surface area contributed by atoms with Crippen LogP contribution in [0.1, 0.15) is 10.4 Å². The third-order valence-electron chi connectivity index (χ3n) is 4.52. The lowest BCUT2D eigenvalue weighted by Gasteiger charge is -2.26. The molecule has 1 amide bonds. The summed E-state index contributed by atoms with van der Waals surface area (Å²) in [6, 6.07) is 7.63. The Morgan fingerprint density at radius 3 is 2.48 bits per heavy atom. The average molecular weight is 423 g/mol. The number of carbonyl (C=O) groups is 1. The third kappa shape index (κ3) is 4.50. The largest absolute Gasteiger partial charge is 0.506 e. The number of rotatable bonds is 5. The minimum Gasteiger partial charge on any atom is -0.506 e. The number of hydrogen-bond donors (Lipinski definition) is 2. The lowest BCUT2D eigenvalue weighted by molar-refractivity contribution is 0.0730. The quantitative estimate of drug-likeness (QED) is 0.713. The summed E-state index contributed by atoms with van der Waals surface area (Å²) in [5.41, 5.74) is 0.276. The monoisotopic (exact) mass is 423 g/mol. The van der Waals surface area contributed by atoms with E-state index in [2.05, 4.69) is 5.32 Å². The smallest absolute Gasteiger partial charge is 0.255 e. The highest BCUT2D eigenvalue weighted by atomic mass is 32.2. The van der Waals surface area contributed by atoms with Crippen LogP contribution in [0.4, 0.5) is 15.8 Å². The lowest BCUT2D eigenvalue weighted by atomic mass is 10.1. The molecule has 3 rings (SSSR count). The molecule has 0 aromatic heterocycles. The van der Waals surface area contributed by atoms with Crippen molar-refractivity contribution in [2.75, 3.05) is 50.6 Å². The lowest BCUT2D eigenvalue weighted by Crippen LogP contribution is -2.40. The molecule has 156 valence electrons. The Kier molecular flexibility index (Phi) is 6.06. The number of halogens is 1. The van der Waals surface area contributed by atoms with E-state index in [1.165, 1.54) is 34.6 Å². The van der Waals surface area contributed by atoms with Crippen LogP contribution in [0.25, 0.3) is 0 Å². The number of sulfonamides is 1. The zero-order valence-electron chi connectivity index (χ0n) is 16.1. The Hall–Kier alpha value is -2.69. The fourth-order valence-electron chi connectivity index (χ4n) is 2.92. The van der Waals surface area contributed by atoms with E-state index in [4.69, 9.17) is 4.74 Å². The summed E-state index contributed by atoms with van der Waals surface area (Å²) in [7, 11) is -0.444. The molecule has 0 bridgehead atoms. The second kappa shape index (κ2) is 8.36. The topological polar surface area (TPSA) is 99.2 Å². The van der Waals surface area contributed by atoms with Gasteiger partial charge in [0.2, 0.25) is 10.0 Å². The maximum absolute atomic E-state index is 14.1. The van der Waals surface area contributed by atoms with Crippen molar-refractivity contribution in [3.05, 3.63) is 47.8 Å². The Morgan fingerprint density at radius 2 is 1.86 bits per heavy atom. The number of ether oxygens (including phenoxy) is 1. The molecule has 0 atom stereocenters. The highest BCUT2D eigenvalue weighted by molar-refractivity contribution is 7.89. The molecule has 1 aliphatic rings. The molecule has 0 saturated carbocycles. The van der Waals surface area contributed by atoms with Crippen LogP contribution in [-0.2, 0) is 14.8 Å². The summed E-state index contributed by atoms with van der Waals surface area (Å²) in [5.74, 6) is -1.55. The minimum absolute atomic E-state index is 0.0361. The number of nitrogens with zero attached hydrogens (tertiary/aromatic N) is 2. The zero-order valence-corrected chi connectivity index (χ0v) is 16.9. The third-order valence-corrected chi connectivity index (χ3v) is 6.41. The maximum Gasteiger partial charge on any atom is 0.255 e. The van der Waals surface area contributed by atoms with Crippen molar-refractivity contribution >= 4 is 27.3 Å². The molecule has 1 saturated heterocycles. The van der Waals surface area contributed by atoms with Crippen LogP contribution in [0.3, 0.4) is 0 Å². The number of hydrogen-bond acceptors (Lipinski definition) is 6. The number of anilines is 2. The van der Waals surface area contributed by atoms with Gasteiger partial charge >= 0.3 is 0 Å². The molecule has 2 aromatic rings. The van der Waals surface area contributed by atoms with Crippen LogP contribution >= 0.6 is 0 Å². The van der Waals surface area contributed by atoms with Crippen LogP contribution in [0, 0.1) is 5.82 Å². The molecule has 8 nitrogen and oxygen atoms in total. The zero-order chi connectivity index (χ0) is 21.2. The fourth-order valence-corrected chi connectivity index (χ4v) is 4.35. The Labute approximate surface area is 168 Å². The van der Waals surface area contributed by atoms with Gasteiger partial charge in [0.25, 0.3) is 5.91 Å². The van der Waals surface area contributed by atoms with Crippen LogP contribution in [0.15, 0.2) is 41.3 Å². The maximum atomic E-state index is 14.1. The standard InChI is InChI=1S/C19H22FN3O5S/c1-22(2)17-5-3-13(11-15(17)20)19(25)21-16-12-14(4-6-18(16)24)29(26,27)23-7-9-28-10-8-23/h3-6,11-12,24H,7-10H2,1-2H3,(H,21,25). The number of carbonyl (C=O) groups excluding carboxylic acids is 1. The van der Waals surface area contributed by atoms with Crippen LogP contribution in [0.5, 0.6) is 5.75 Å². The number of amides is 1. The van der Waals surface area contributed by atoms with Crippen molar-refractivity contribution in [3.63, 3.8) is 0 Å². The second-order valence-electron chi connectivity index (χ2n) is 6.71. The van der Waals surface area contributed by atoms with Gasteiger partial charge in [-0.1, -0.05) is 0 Å². The number of benzene rings is 2. The molecule has 0 spiro atoms. The van der Waals surface area contributed by atoms with Gasteiger partial charge < -0.3 is 20.1 Å². The predicted octanol–water partition coefficient (Wildman–Crippen LogP) is 1.87. The Morgan fingerprint density at radius 1 is 1.17 bits per heavy atom. The van der Waals surface area contributed by atoms with E-state index in [1.54, 1.807) is 19.0 Å².